The summed E-state index contributed by atoms with van der Waals surface area (Å²) < 4.78 is 51.9. The van der Waals surface area contributed by atoms with Gasteiger partial charge in [0.15, 0.2) is 11.5 Å². The Morgan fingerprint density at radius 1 is 1.05 bits per heavy atom. The molecular weight excluding hydrogens is 513 g/mol. The Balaban J connectivity index is 1.61. The normalized spacial score (nSPS) is 16.1. The molecule has 1 aliphatic carbocycles. The average Bonchev–Trinajstić information content (AvgIpc) is 3.43. The van der Waals surface area contributed by atoms with Crippen LogP contribution in [-0.4, -0.2) is 62.7 Å². The second-order valence-corrected chi connectivity index (χ2v) is 11.7. The summed E-state index contributed by atoms with van der Waals surface area (Å²) >= 11 is 0. The van der Waals surface area contributed by atoms with Crippen LogP contribution in [0.25, 0.3) is 0 Å². The number of ether oxygens (including phenoxy) is 2. The van der Waals surface area contributed by atoms with E-state index >= 15 is 0 Å². The van der Waals surface area contributed by atoms with Crippen molar-refractivity contribution in [1.29, 1.82) is 0 Å². The van der Waals surface area contributed by atoms with E-state index in [1.807, 2.05) is 0 Å². The number of halogens is 1. The predicted octanol–water partition coefficient (Wildman–Crippen LogP) is 3.23. The van der Waals surface area contributed by atoms with Gasteiger partial charge in [0.25, 0.3) is 0 Å². The smallest absolute Gasteiger partial charge is 0.244 e. The van der Waals surface area contributed by atoms with Gasteiger partial charge >= 0.3 is 0 Å². The van der Waals surface area contributed by atoms with Crippen molar-refractivity contribution in [2.24, 2.45) is 0 Å². The molecule has 1 fully saturated rings. The van der Waals surface area contributed by atoms with Crippen LogP contribution < -0.4 is 19.1 Å². The maximum Gasteiger partial charge on any atom is 0.244 e. The predicted molar refractivity (Wildman–Crippen MR) is 141 cm³/mol. The number of amides is 2. The summed E-state index contributed by atoms with van der Waals surface area (Å²) in [6.07, 6.45) is 3.85. The Labute approximate surface area is 222 Å². The molecule has 2 aromatic rings. The lowest BCUT2D eigenvalue weighted by Gasteiger charge is -2.32. The molecule has 11 heteroatoms. The second kappa shape index (κ2) is 12.0. The van der Waals surface area contributed by atoms with Crippen LogP contribution >= 0.6 is 0 Å². The number of carbonyl (C=O) groups excluding carboxylic acids is 2. The highest BCUT2D eigenvalue weighted by Gasteiger charge is 2.32. The van der Waals surface area contributed by atoms with Crippen molar-refractivity contribution >= 4 is 27.5 Å². The van der Waals surface area contributed by atoms with E-state index in [4.69, 9.17) is 9.47 Å². The molecule has 1 heterocycles. The molecular formula is C27H34FN3O6S. The molecule has 1 N–H and O–H groups in total. The van der Waals surface area contributed by atoms with Crippen molar-refractivity contribution in [1.82, 2.24) is 10.2 Å². The van der Waals surface area contributed by atoms with Gasteiger partial charge in [-0.05, 0) is 56.5 Å². The molecule has 0 bridgehead atoms. The van der Waals surface area contributed by atoms with Gasteiger partial charge in [0.05, 0.1) is 11.4 Å². The van der Waals surface area contributed by atoms with E-state index in [0.717, 1.165) is 30.0 Å². The molecule has 2 amide bonds. The summed E-state index contributed by atoms with van der Waals surface area (Å²) in [7, 11) is -3.87. The lowest BCUT2D eigenvalue weighted by molar-refractivity contribution is -0.139. The van der Waals surface area contributed by atoms with Gasteiger partial charge in [0.2, 0.25) is 21.8 Å². The SMILES string of the molecule is CCS(=O)(=O)N(CC(=O)N(Cc1ccc(F)cc1)[C@H](C)C(=O)NC1CCCC1)c1ccc2c(c1)OCCO2. The first-order chi connectivity index (χ1) is 18.2. The number of hydrogen-bond acceptors (Lipinski definition) is 6. The Morgan fingerprint density at radius 3 is 2.37 bits per heavy atom. The van der Waals surface area contributed by atoms with Crippen LogP contribution in [0.15, 0.2) is 42.5 Å². The monoisotopic (exact) mass is 547 g/mol. The van der Waals surface area contributed by atoms with Gasteiger partial charge in [-0.1, -0.05) is 25.0 Å². The van der Waals surface area contributed by atoms with Crippen LogP contribution in [0.3, 0.4) is 0 Å². The molecule has 206 valence electrons. The second-order valence-electron chi connectivity index (χ2n) is 9.55. The molecule has 9 nitrogen and oxygen atoms in total. The van der Waals surface area contributed by atoms with Gasteiger partial charge in [-0.25, -0.2) is 12.8 Å². The first kappa shape index (κ1) is 27.7. The number of benzene rings is 2. The summed E-state index contributed by atoms with van der Waals surface area (Å²) in [5.74, 6) is -0.630. The average molecular weight is 548 g/mol. The number of sulfonamides is 1. The van der Waals surface area contributed by atoms with Gasteiger partial charge in [0.1, 0.15) is 31.6 Å². The lowest BCUT2D eigenvalue weighted by atomic mass is 10.1. The highest BCUT2D eigenvalue weighted by molar-refractivity contribution is 7.92. The van der Waals surface area contributed by atoms with Crippen molar-refractivity contribution in [3.8, 4) is 11.5 Å². The zero-order valence-corrected chi connectivity index (χ0v) is 22.5. The van der Waals surface area contributed by atoms with Crippen LogP contribution in [0.2, 0.25) is 0 Å². The molecule has 0 radical (unpaired) electrons. The van der Waals surface area contributed by atoms with Crippen molar-refractivity contribution in [3.05, 3.63) is 53.8 Å². The van der Waals surface area contributed by atoms with Crippen LogP contribution in [0.5, 0.6) is 11.5 Å². The van der Waals surface area contributed by atoms with E-state index in [1.54, 1.807) is 31.2 Å². The van der Waals surface area contributed by atoms with Gasteiger partial charge in [0, 0.05) is 18.7 Å². The molecule has 2 aliphatic rings. The van der Waals surface area contributed by atoms with Crippen molar-refractivity contribution in [2.75, 3.05) is 29.8 Å². The van der Waals surface area contributed by atoms with Gasteiger partial charge in [-0.2, -0.15) is 0 Å². The fourth-order valence-electron chi connectivity index (χ4n) is 4.67. The zero-order chi connectivity index (χ0) is 27.3. The van der Waals surface area contributed by atoms with E-state index < -0.39 is 34.3 Å². The highest BCUT2D eigenvalue weighted by Crippen LogP contribution is 2.35. The lowest BCUT2D eigenvalue weighted by Crippen LogP contribution is -2.52. The Morgan fingerprint density at radius 2 is 1.71 bits per heavy atom. The Bertz CT molecular complexity index is 1250. The number of nitrogens with one attached hydrogen (secondary N) is 1. The molecule has 0 unspecified atom stereocenters. The molecule has 0 saturated heterocycles. The number of rotatable bonds is 10. The molecule has 1 aliphatic heterocycles. The van der Waals surface area contributed by atoms with Crippen molar-refractivity contribution in [3.63, 3.8) is 0 Å². The van der Waals surface area contributed by atoms with E-state index in [2.05, 4.69) is 5.32 Å². The summed E-state index contributed by atoms with van der Waals surface area (Å²) in [6, 6.07) is 9.54. The van der Waals surface area contributed by atoms with E-state index in [9.17, 15) is 22.4 Å². The largest absolute Gasteiger partial charge is 0.486 e. The first-order valence-corrected chi connectivity index (χ1v) is 14.5. The van der Waals surface area contributed by atoms with Crippen LogP contribution in [0, 0.1) is 5.82 Å². The molecule has 0 spiro atoms. The van der Waals surface area contributed by atoms with Crippen LogP contribution in [0.4, 0.5) is 10.1 Å². The third kappa shape index (κ3) is 6.56. The summed E-state index contributed by atoms with van der Waals surface area (Å²) in [5, 5.41) is 3.01. The van der Waals surface area contributed by atoms with E-state index in [0.29, 0.717) is 30.3 Å². The third-order valence-corrected chi connectivity index (χ3v) is 8.67. The highest BCUT2D eigenvalue weighted by atomic mass is 32.2. The molecule has 38 heavy (non-hydrogen) atoms. The number of fused-ring (bicyclic) bond motifs is 1. The first-order valence-electron chi connectivity index (χ1n) is 12.9. The number of anilines is 1. The molecule has 2 aromatic carbocycles. The molecule has 1 atom stereocenters. The topological polar surface area (TPSA) is 105 Å². The molecule has 0 aromatic heterocycles. The summed E-state index contributed by atoms with van der Waals surface area (Å²) in [6.45, 7) is 3.33. The van der Waals surface area contributed by atoms with Crippen molar-refractivity contribution in [2.45, 2.75) is 58.2 Å². The fraction of sp³-hybridized carbons (Fsp3) is 0.481. The van der Waals surface area contributed by atoms with Crippen LogP contribution in [-0.2, 0) is 26.2 Å². The van der Waals surface area contributed by atoms with E-state index in [-0.39, 0.29) is 29.9 Å². The fourth-order valence-corrected chi connectivity index (χ4v) is 5.72. The van der Waals surface area contributed by atoms with Crippen LogP contribution in [0.1, 0.15) is 45.1 Å². The molecule has 4 rings (SSSR count). The molecule has 1 saturated carbocycles. The van der Waals surface area contributed by atoms with Gasteiger partial charge < -0.3 is 19.7 Å². The standard InChI is InChI=1S/C27H34FN3O6S/c1-3-38(34,35)31(23-12-13-24-25(16-23)37-15-14-36-24)18-26(32)30(17-20-8-10-21(28)11-9-20)19(2)27(33)29-22-6-4-5-7-22/h8-13,16,19,22H,3-7,14-15,17-18H2,1-2H3,(H,29,33)/t19-/m1/s1. The maximum atomic E-state index is 13.7. The number of hydrogen-bond donors (Lipinski definition) is 1. The van der Waals surface area contributed by atoms with E-state index in [1.165, 1.54) is 30.0 Å². The van der Waals surface area contributed by atoms with Gasteiger partial charge in [-0.3, -0.25) is 13.9 Å². The summed E-state index contributed by atoms with van der Waals surface area (Å²) in [4.78, 5) is 28.2. The van der Waals surface area contributed by atoms with Gasteiger partial charge in [-0.15, -0.1) is 0 Å². The minimum atomic E-state index is -3.87. The third-order valence-electron chi connectivity index (χ3n) is 6.93. The minimum Gasteiger partial charge on any atom is -0.486 e. The Kier molecular flexibility index (Phi) is 8.76. The maximum absolute atomic E-state index is 13.7. The number of nitrogens with zero attached hydrogens (tertiary/aromatic N) is 2. The summed E-state index contributed by atoms with van der Waals surface area (Å²) in [5.41, 5.74) is 0.874. The Hall–Kier alpha value is -3.34. The zero-order valence-electron chi connectivity index (χ0n) is 21.7. The number of carbonyl (C=O) groups is 2. The minimum absolute atomic E-state index is 0.0134. The van der Waals surface area contributed by atoms with Crippen molar-refractivity contribution < 1.29 is 31.9 Å². The quantitative estimate of drug-likeness (QED) is 0.490.